The molecule has 0 amide bonds. The number of nitrogen functional groups attached to an aromatic ring is 1. The predicted molar refractivity (Wildman–Crippen MR) is 53.7 cm³/mol. The SMILES string of the molecule is Nc1cnn([C@H]2O[C@@H](CO)[C@@H](O)[C@H]2O)c(=O)n1. The second-order valence-electron chi connectivity index (χ2n) is 3.64. The van der Waals surface area contributed by atoms with Gasteiger partial charge in [0.1, 0.15) is 24.1 Å². The Labute approximate surface area is 95.1 Å². The van der Waals surface area contributed by atoms with Gasteiger partial charge in [0, 0.05) is 0 Å². The zero-order valence-electron chi connectivity index (χ0n) is 8.67. The number of hydrogen-bond acceptors (Lipinski definition) is 8. The summed E-state index contributed by atoms with van der Waals surface area (Å²) in [5, 5.41) is 31.7. The van der Waals surface area contributed by atoms with Crippen LogP contribution in [-0.4, -0.2) is 55.0 Å². The molecule has 1 saturated heterocycles. The standard InChI is InChI=1S/C8H12N4O5/c9-4-1-10-12(8(16)11-4)7-6(15)5(14)3(2-13)17-7/h1,3,5-7,13-15H,2H2,(H2,9,11,16)/t3-,5+,6+,7-/m0/s1. The summed E-state index contributed by atoms with van der Waals surface area (Å²) in [4.78, 5) is 14.9. The smallest absolute Gasteiger partial charge is 0.368 e. The summed E-state index contributed by atoms with van der Waals surface area (Å²) < 4.78 is 5.88. The zero-order valence-corrected chi connectivity index (χ0v) is 8.67. The van der Waals surface area contributed by atoms with E-state index >= 15 is 0 Å². The topological polar surface area (TPSA) is 144 Å². The van der Waals surface area contributed by atoms with Gasteiger partial charge in [0.25, 0.3) is 0 Å². The number of anilines is 1. The van der Waals surface area contributed by atoms with Gasteiger partial charge in [-0.2, -0.15) is 14.8 Å². The molecule has 94 valence electrons. The van der Waals surface area contributed by atoms with Gasteiger partial charge in [-0.05, 0) is 0 Å². The first-order valence-electron chi connectivity index (χ1n) is 4.88. The molecule has 9 heteroatoms. The van der Waals surface area contributed by atoms with Crippen molar-refractivity contribution in [2.75, 3.05) is 12.3 Å². The maximum atomic E-state index is 11.4. The summed E-state index contributed by atoms with van der Waals surface area (Å²) in [5.41, 5.74) is 4.46. The van der Waals surface area contributed by atoms with Crippen LogP contribution >= 0.6 is 0 Å². The van der Waals surface area contributed by atoms with E-state index in [1.807, 2.05) is 0 Å². The fourth-order valence-electron chi connectivity index (χ4n) is 1.62. The number of aliphatic hydroxyl groups is 3. The number of ether oxygens (including phenoxy) is 1. The fraction of sp³-hybridized carbons (Fsp3) is 0.625. The van der Waals surface area contributed by atoms with E-state index in [0.29, 0.717) is 0 Å². The molecule has 2 rings (SSSR count). The lowest BCUT2D eigenvalue weighted by molar-refractivity contribution is -0.0616. The first-order chi connectivity index (χ1) is 8.04. The van der Waals surface area contributed by atoms with Crippen molar-refractivity contribution >= 4 is 5.82 Å². The predicted octanol–water partition coefficient (Wildman–Crippen LogP) is -3.17. The second kappa shape index (κ2) is 4.37. The summed E-state index contributed by atoms with van der Waals surface area (Å²) in [7, 11) is 0. The van der Waals surface area contributed by atoms with Gasteiger partial charge in [-0.3, -0.25) is 0 Å². The van der Waals surface area contributed by atoms with Crippen molar-refractivity contribution in [3.8, 4) is 0 Å². The number of hydrogen-bond donors (Lipinski definition) is 4. The quantitative estimate of drug-likeness (QED) is 0.426. The van der Waals surface area contributed by atoms with Crippen molar-refractivity contribution in [3.63, 3.8) is 0 Å². The number of aromatic nitrogens is 3. The average molecular weight is 244 g/mol. The number of nitrogens with two attached hydrogens (primary N) is 1. The molecular formula is C8H12N4O5. The van der Waals surface area contributed by atoms with Gasteiger partial charge >= 0.3 is 5.69 Å². The Morgan fingerprint density at radius 2 is 2.18 bits per heavy atom. The molecule has 1 aromatic rings. The molecule has 0 bridgehead atoms. The van der Waals surface area contributed by atoms with E-state index in [0.717, 1.165) is 10.9 Å². The van der Waals surface area contributed by atoms with Gasteiger partial charge < -0.3 is 25.8 Å². The molecule has 1 aromatic heterocycles. The molecule has 0 aliphatic carbocycles. The highest BCUT2D eigenvalue weighted by molar-refractivity contribution is 5.19. The Morgan fingerprint density at radius 3 is 2.71 bits per heavy atom. The first kappa shape index (κ1) is 11.9. The lowest BCUT2D eigenvalue weighted by Crippen LogP contribution is -2.37. The van der Waals surface area contributed by atoms with E-state index in [2.05, 4.69) is 10.1 Å². The van der Waals surface area contributed by atoms with E-state index in [1.165, 1.54) is 0 Å². The van der Waals surface area contributed by atoms with Gasteiger partial charge in [-0.1, -0.05) is 0 Å². The molecule has 0 aromatic carbocycles. The zero-order chi connectivity index (χ0) is 12.6. The lowest BCUT2D eigenvalue weighted by Gasteiger charge is -2.15. The van der Waals surface area contributed by atoms with Crippen molar-refractivity contribution < 1.29 is 20.1 Å². The van der Waals surface area contributed by atoms with Crippen LogP contribution in [0.3, 0.4) is 0 Å². The molecule has 0 saturated carbocycles. The average Bonchev–Trinajstić information content (AvgIpc) is 2.57. The van der Waals surface area contributed by atoms with Crippen molar-refractivity contribution in [2.24, 2.45) is 0 Å². The maximum absolute atomic E-state index is 11.4. The van der Waals surface area contributed by atoms with E-state index in [9.17, 15) is 15.0 Å². The summed E-state index contributed by atoms with van der Waals surface area (Å²) in [6, 6.07) is 0. The largest absolute Gasteiger partial charge is 0.394 e. The van der Waals surface area contributed by atoms with Crippen molar-refractivity contribution in [1.82, 2.24) is 14.8 Å². The minimum Gasteiger partial charge on any atom is -0.394 e. The minimum atomic E-state index is -1.37. The van der Waals surface area contributed by atoms with Crippen molar-refractivity contribution in [2.45, 2.75) is 24.5 Å². The first-order valence-corrected chi connectivity index (χ1v) is 4.88. The van der Waals surface area contributed by atoms with Crippen LogP contribution in [0.1, 0.15) is 6.23 Å². The summed E-state index contributed by atoms with van der Waals surface area (Å²) >= 11 is 0. The van der Waals surface area contributed by atoms with E-state index in [-0.39, 0.29) is 5.82 Å². The Morgan fingerprint density at radius 1 is 1.47 bits per heavy atom. The number of rotatable bonds is 2. The van der Waals surface area contributed by atoms with Crippen molar-refractivity contribution in [3.05, 3.63) is 16.7 Å². The highest BCUT2D eigenvalue weighted by atomic mass is 16.6. The summed E-state index contributed by atoms with van der Waals surface area (Å²) in [6.07, 6.45) is -3.71. The van der Waals surface area contributed by atoms with Crippen LogP contribution in [0.15, 0.2) is 11.0 Å². The Kier molecular flexibility index (Phi) is 3.07. The molecule has 17 heavy (non-hydrogen) atoms. The molecule has 2 heterocycles. The van der Waals surface area contributed by atoms with Gasteiger partial charge in [-0.15, -0.1) is 0 Å². The molecule has 0 spiro atoms. The minimum absolute atomic E-state index is 0.0574. The van der Waals surface area contributed by atoms with Crippen LogP contribution < -0.4 is 11.4 Å². The normalized spacial score (nSPS) is 32.9. The Hall–Kier alpha value is -1.55. The number of nitrogens with zero attached hydrogens (tertiary/aromatic N) is 3. The van der Waals surface area contributed by atoms with Crippen LogP contribution in [0.25, 0.3) is 0 Å². The summed E-state index contributed by atoms with van der Waals surface area (Å²) in [6.45, 7) is -0.480. The molecule has 0 unspecified atom stereocenters. The molecule has 0 radical (unpaired) electrons. The van der Waals surface area contributed by atoms with Gasteiger partial charge in [0.2, 0.25) is 0 Å². The van der Waals surface area contributed by atoms with Crippen LogP contribution in [0, 0.1) is 0 Å². The monoisotopic (exact) mass is 244 g/mol. The molecular weight excluding hydrogens is 232 g/mol. The van der Waals surface area contributed by atoms with E-state index < -0.39 is 36.8 Å². The van der Waals surface area contributed by atoms with E-state index in [1.54, 1.807) is 0 Å². The number of aliphatic hydroxyl groups excluding tert-OH is 3. The van der Waals surface area contributed by atoms with Crippen molar-refractivity contribution in [1.29, 1.82) is 0 Å². The second-order valence-corrected chi connectivity index (χ2v) is 3.64. The summed E-state index contributed by atoms with van der Waals surface area (Å²) in [5.74, 6) is -0.0574. The third kappa shape index (κ3) is 2.00. The van der Waals surface area contributed by atoms with Crippen LogP contribution in [0.5, 0.6) is 0 Å². The fourth-order valence-corrected chi connectivity index (χ4v) is 1.62. The highest BCUT2D eigenvalue weighted by Crippen LogP contribution is 2.27. The van der Waals surface area contributed by atoms with E-state index in [4.69, 9.17) is 15.6 Å². The van der Waals surface area contributed by atoms with Gasteiger partial charge in [0.15, 0.2) is 6.23 Å². The molecule has 9 nitrogen and oxygen atoms in total. The molecule has 4 atom stereocenters. The molecule has 1 fully saturated rings. The van der Waals surface area contributed by atoms with Crippen LogP contribution in [0.2, 0.25) is 0 Å². The molecule has 5 N–H and O–H groups in total. The highest BCUT2D eigenvalue weighted by Gasteiger charge is 2.44. The molecule has 1 aliphatic rings. The third-order valence-corrected chi connectivity index (χ3v) is 2.49. The van der Waals surface area contributed by atoms with Gasteiger partial charge in [-0.25, -0.2) is 4.79 Å². The lowest BCUT2D eigenvalue weighted by atomic mass is 10.1. The van der Waals surface area contributed by atoms with Crippen LogP contribution in [0.4, 0.5) is 5.82 Å². The Balaban J connectivity index is 2.32. The van der Waals surface area contributed by atoms with Gasteiger partial charge in [0.05, 0.1) is 12.8 Å². The van der Waals surface area contributed by atoms with Crippen LogP contribution in [-0.2, 0) is 4.74 Å². The third-order valence-electron chi connectivity index (χ3n) is 2.49. The maximum Gasteiger partial charge on any atom is 0.368 e. The molecule has 1 aliphatic heterocycles. The Bertz CT molecular complexity index is 463.